The average molecular weight is 455 g/mol. The number of amides is 1. The van der Waals surface area contributed by atoms with E-state index in [-0.39, 0.29) is 12.1 Å². The lowest BCUT2D eigenvalue weighted by molar-refractivity contribution is 0.0804. The minimum Gasteiger partial charge on any atom is -0.462 e. The van der Waals surface area contributed by atoms with Crippen molar-refractivity contribution in [1.29, 1.82) is 0 Å². The molecule has 6 nitrogen and oxygen atoms in total. The van der Waals surface area contributed by atoms with Gasteiger partial charge in [-0.3, -0.25) is 15.0 Å². The molecule has 3 heterocycles. The van der Waals surface area contributed by atoms with Crippen molar-refractivity contribution < 1.29 is 9.53 Å². The van der Waals surface area contributed by atoms with Crippen LogP contribution in [0.3, 0.4) is 0 Å². The van der Waals surface area contributed by atoms with Gasteiger partial charge in [0.05, 0.1) is 11.3 Å². The van der Waals surface area contributed by atoms with Crippen molar-refractivity contribution >= 4 is 5.91 Å². The van der Waals surface area contributed by atoms with Crippen molar-refractivity contribution in [2.45, 2.75) is 60.0 Å². The molecule has 0 spiro atoms. The molecule has 1 amide bonds. The highest BCUT2D eigenvalue weighted by Gasteiger charge is 2.24. The maximum absolute atomic E-state index is 12.9. The Labute approximate surface area is 200 Å². The first-order valence-corrected chi connectivity index (χ1v) is 12.5. The van der Waals surface area contributed by atoms with Gasteiger partial charge in [0.15, 0.2) is 0 Å². The van der Waals surface area contributed by atoms with Crippen LogP contribution in [0.4, 0.5) is 0 Å². The molecule has 1 aromatic rings. The number of benzene rings is 1. The van der Waals surface area contributed by atoms with Gasteiger partial charge in [-0.25, -0.2) is 0 Å². The van der Waals surface area contributed by atoms with Gasteiger partial charge in [0, 0.05) is 26.2 Å². The van der Waals surface area contributed by atoms with Crippen LogP contribution in [0.5, 0.6) is 5.75 Å². The molecule has 0 saturated heterocycles. The van der Waals surface area contributed by atoms with E-state index in [0.29, 0.717) is 17.9 Å². The van der Waals surface area contributed by atoms with Gasteiger partial charge in [-0.2, -0.15) is 0 Å². The standard InChI is InChI=1S/C23H30N4O2.2C2H6/c1-18-17-29-21-10-3-2-9-20(21)23(28)27(18)15-5-4-13-26-14-6-8-19(16-26)22-24-11-7-12-25-22;2*1-2/h2-3,7-11,17,22,24-25H,4-6,12-16H2,1H3;2*1-2H3. The fraction of sp³-hybridized carbons (Fsp3) is 0.519. The highest BCUT2D eigenvalue weighted by molar-refractivity contribution is 5.98. The SMILES string of the molecule is CC.CC.CC1=COc2ccccc2C(=O)N1CCCCN1CCC=C(C2NC=CCN2)C1. The lowest BCUT2D eigenvalue weighted by atomic mass is 10.1. The Balaban J connectivity index is 0.000000914. The largest absolute Gasteiger partial charge is 0.462 e. The van der Waals surface area contributed by atoms with Gasteiger partial charge < -0.3 is 15.0 Å². The van der Waals surface area contributed by atoms with E-state index in [2.05, 4.69) is 27.7 Å². The van der Waals surface area contributed by atoms with Crippen LogP contribution >= 0.6 is 0 Å². The third-order valence-corrected chi connectivity index (χ3v) is 5.70. The maximum atomic E-state index is 12.9. The van der Waals surface area contributed by atoms with Gasteiger partial charge in [0.25, 0.3) is 5.91 Å². The Morgan fingerprint density at radius 3 is 2.61 bits per heavy atom. The summed E-state index contributed by atoms with van der Waals surface area (Å²) in [5.41, 5.74) is 2.92. The Morgan fingerprint density at radius 1 is 1.09 bits per heavy atom. The van der Waals surface area contributed by atoms with Crippen LogP contribution in [-0.2, 0) is 0 Å². The second kappa shape index (κ2) is 14.6. The van der Waals surface area contributed by atoms with Crippen molar-refractivity contribution in [2.75, 3.05) is 32.7 Å². The summed E-state index contributed by atoms with van der Waals surface area (Å²) < 4.78 is 5.68. The van der Waals surface area contributed by atoms with Gasteiger partial charge in [-0.15, -0.1) is 0 Å². The highest BCUT2D eigenvalue weighted by atomic mass is 16.5. The molecule has 0 aliphatic carbocycles. The van der Waals surface area contributed by atoms with E-state index in [9.17, 15) is 4.79 Å². The minimum atomic E-state index is 0.0255. The molecule has 4 rings (SSSR count). The molecule has 3 aliphatic rings. The van der Waals surface area contributed by atoms with Crippen molar-refractivity contribution in [3.63, 3.8) is 0 Å². The number of fused-ring (bicyclic) bond motifs is 1. The third-order valence-electron chi connectivity index (χ3n) is 5.70. The number of unbranched alkanes of at least 4 members (excludes halogenated alkanes) is 1. The first-order chi connectivity index (χ1) is 16.2. The maximum Gasteiger partial charge on any atom is 0.261 e. The molecule has 0 bridgehead atoms. The van der Waals surface area contributed by atoms with Crippen molar-refractivity contribution in [3.8, 4) is 5.75 Å². The molecule has 1 aromatic carbocycles. The number of nitrogens with zero attached hydrogens (tertiary/aromatic N) is 2. The number of hydrogen-bond donors (Lipinski definition) is 2. The average Bonchev–Trinajstić information content (AvgIpc) is 3.01. The molecule has 6 heteroatoms. The number of rotatable bonds is 6. The van der Waals surface area contributed by atoms with Gasteiger partial charge >= 0.3 is 0 Å². The number of para-hydroxylation sites is 1. The van der Waals surface area contributed by atoms with Crippen LogP contribution in [0, 0.1) is 0 Å². The molecule has 1 unspecified atom stereocenters. The molecule has 3 aliphatic heterocycles. The fourth-order valence-electron chi connectivity index (χ4n) is 4.09. The van der Waals surface area contributed by atoms with Crippen LogP contribution in [0.15, 0.2) is 60.1 Å². The summed E-state index contributed by atoms with van der Waals surface area (Å²) in [5, 5.41) is 6.88. The van der Waals surface area contributed by atoms with E-state index in [1.54, 1.807) is 6.26 Å². The summed E-state index contributed by atoms with van der Waals surface area (Å²) in [4.78, 5) is 17.3. The van der Waals surface area contributed by atoms with E-state index < -0.39 is 0 Å². The lowest BCUT2D eigenvalue weighted by Gasteiger charge is -2.33. The molecule has 33 heavy (non-hydrogen) atoms. The van der Waals surface area contributed by atoms with Crippen LogP contribution in [0.25, 0.3) is 0 Å². The second-order valence-electron chi connectivity index (χ2n) is 7.79. The van der Waals surface area contributed by atoms with Gasteiger partial charge in [0.2, 0.25) is 0 Å². The molecule has 182 valence electrons. The second-order valence-corrected chi connectivity index (χ2v) is 7.79. The Kier molecular flexibility index (Phi) is 11.8. The summed E-state index contributed by atoms with van der Waals surface area (Å²) in [7, 11) is 0. The zero-order chi connectivity index (χ0) is 24.1. The zero-order valence-electron chi connectivity index (χ0n) is 21.1. The van der Waals surface area contributed by atoms with E-state index in [4.69, 9.17) is 4.74 Å². The predicted molar refractivity (Wildman–Crippen MR) is 137 cm³/mol. The first kappa shape index (κ1) is 26.7. The summed E-state index contributed by atoms with van der Waals surface area (Å²) in [5.74, 6) is 0.657. The number of carbonyl (C=O) groups is 1. The summed E-state index contributed by atoms with van der Waals surface area (Å²) in [6.45, 7) is 14.7. The number of hydrogen-bond acceptors (Lipinski definition) is 5. The van der Waals surface area contributed by atoms with Crippen LogP contribution in [0.1, 0.15) is 64.2 Å². The van der Waals surface area contributed by atoms with Crippen LogP contribution in [0.2, 0.25) is 0 Å². The molecular weight excluding hydrogens is 412 g/mol. The fourth-order valence-corrected chi connectivity index (χ4v) is 4.09. The van der Waals surface area contributed by atoms with E-state index in [0.717, 1.165) is 51.1 Å². The summed E-state index contributed by atoms with van der Waals surface area (Å²) in [6.07, 6.45) is 11.6. The van der Waals surface area contributed by atoms with Crippen molar-refractivity contribution in [2.24, 2.45) is 0 Å². The molecule has 0 saturated carbocycles. The highest BCUT2D eigenvalue weighted by Crippen LogP contribution is 2.26. The summed E-state index contributed by atoms with van der Waals surface area (Å²) >= 11 is 0. The molecule has 2 N–H and O–H groups in total. The monoisotopic (exact) mass is 454 g/mol. The lowest BCUT2D eigenvalue weighted by Crippen LogP contribution is -2.48. The van der Waals surface area contributed by atoms with E-state index in [1.165, 1.54) is 5.57 Å². The van der Waals surface area contributed by atoms with Crippen molar-refractivity contribution in [3.05, 3.63) is 65.7 Å². The summed E-state index contributed by atoms with van der Waals surface area (Å²) in [6, 6.07) is 7.45. The minimum absolute atomic E-state index is 0.0255. The van der Waals surface area contributed by atoms with Gasteiger partial charge in [0.1, 0.15) is 18.2 Å². The Bertz CT molecular complexity index is 831. The van der Waals surface area contributed by atoms with Gasteiger partial charge in [-0.05, 0) is 56.6 Å². The Hall–Kier alpha value is -2.57. The molecule has 1 atom stereocenters. The molecular formula is C27H42N4O2. The zero-order valence-corrected chi connectivity index (χ0v) is 21.1. The number of nitrogens with one attached hydrogen (secondary N) is 2. The molecule has 0 fully saturated rings. The van der Waals surface area contributed by atoms with Crippen molar-refractivity contribution in [1.82, 2.24) is 20.4 Å². The normalized spacial score (nSPS) is 19.8. The topological polar surface area (TPSA) is 56.8 Å². The third kappa shape index (κ3) is 7.47. The van der Waals surface area contributed by atoms with E-state index >= 15 is 0 Å². The molecule has 0 aromatic heterocycles. The predicted octanol–water partition coefficient (Wildman–Crippen LogP) is 4.88. The van der Waals surface area contributed by atoms with Gasteiger partial charge in [-0.1, -0.05) is 52.0 Å². The number of ether oxygens (including phenoxy) is 1. The quantitative estimate of drug-likeness (QED) is 0.474. The van der Waals surface area contributed by atoms with Crippen LogP contribution in [-0.4, -0.2) is 54.6 Å². The number of allylic oxidation sites excluding steroid dienone is 1. The smallest absolute Gasteiger partial charge is 0.261 e. The van der Waals surface area contributed by atoms with E-state index in [1.807, 2.05) is 70.0 Å². The number of carbonyl (C=O) groups excluding carboxylic acids is 1. The first-order valence-electron chi connectivity index (χ1n) is 12.5. The molecule has 0 radical (unpaired) electrons. The van der Waals surface area contributed by atoms with Crippen LogP contribution < -0.4 is 15.4 Å². The Morgan fingerprint density at radius 2 is 1.85 bits per heavy atom.